The predicted molar refractivity (Wildman–Crippen MR) is 62.5 cm³/mol. The molecule has 1 amide bonds. The summed E-state index contributed by atoms with van der Waals surface area (Å²) in [6, 6.07) is -0.578. The molecule has 0 aliphatic heterocycles. The molecule has 0 saturated heterocycles. The topological polar surface area (TPSA) is 67.4 Å². The summed E-state index contributed by atoms with van der Waals surface area (Å²) in [6.07, 6.45) is 2.51. The summed E-state index contributed by atoms with van der Waals surface area (Å²) >= 11 is 0. The number of amides is 1. The summed E-state index contributed by atoms with van der Waals surface area (Å²) < 4.78 is 4.49. The zero-order valence-corrected chi connectivity index (χ0v) is 10.4. The van der Waals surface area contributed by atoms with Crippen molar-refractivity contribution in [2.24, 2.45) is 5.92 Å². The van der Waals surface area contributed by atoms with Gasteiger partial charge in [0.1, 0.15) is 6.04 Å². The summed E-state index contributed by atoms with van der Waals surface area (Å²) in [4.78, 5) is 22.3. The minimum absolute atomic E-state index is 0. The molecule has 0 spiro atoms. The highest BCUT2D eigenvalue weighted by molar-refractivity contribution is 5.85. The summed E-state index contributed by atoms with van der Waals surface area (Å²) in [6.45, 7) is 2.75. The molecule has 5 nitrogen and oxygen atoms in total. The van der Waals surface area contributed by atoms with Crippen LogP contribution >= 0.6 is 12.4 Å². The number of esters is 1. The molecule has 0 radical (unpaired) electrons. The normalized spacial score (nSPS) is 15.9. The molecule has 1 aliphatic carbocycles. The zero-order valence-electron chi connectivity index (χ0n) is 9.62. The molecule has 1 rings (SSSR count). The molecular formula is C10H19ClN2O3. The van der Waals surface area contributed by atoms with Crippen LogP contribution in [-0.2, 0) is 14.3 Å². The van der Waals surface area contributed by atoms with E-state index in [-0.39, 0.29) is 24.9 Å². The first-order valence-electron chi connectivity index (χ1n) is 5.21. The van der Waals surface area contributed by atoms with Crippen molar-refractivity contribution in [3.05, 3.63) is 0 Å². The average molecular weight is 251 g/mol. The average Bonchev–Trinajstić information content (AvgIpc) is 3.00. The van der Waals surface area contributed by atoms with Gasteiger partial charge in [-0.15, -0.1) is 12.4 Å². The number of carbonyl (C=O) groups excluding carboxylic acids is 2. The molecule has 94 valence electrons. The number of hydrogen-bond donors (Lipinski definition) is 2. The van der Waals surface area contributed by atoms with Gasteiger partial charge in [0.15, 0.2) is 0 Å². The lowest BCUT2D eigenvalue weighted by atomic mass is 10.3. The third-order valence-corrected chi connectivity index (χ3v) is 2.35. The smallest absolute Gasteiger partial charge is 0.328 e. The minimum atomic E-state index is -0.578. The molecule has 1 atom stereocenters. The largest absolute Gasteiger partial charge is 0.467 e. The van der Waals surface area contributed by atoms with E-state index < -0.39 is 12.0 Å². The highest BCUT2D eigenvalue weighted by Gasteiger charge is 2.21. The first-order chi connectivity index (χ1) is 7.13. The molecule has 0 heterocycles. The SMILES string of the molecule is COC(=O)[C@H](C)NC(=O)CNCC1CC1.Cl. The maximum Gasteiger partial charge on any atom is 0.328 e. The third kappa shape index (κ3) is 5.92. The van der Waals surface area contributed by atoms with Crippen molar-refractivity contribution in [2.45, 2.75) is 25.8 Å². The van der Waals surface area contributed by atoms with Crippen LogP contribution in [0.5, 0.6) is 0 Å². The number of hydrogen-bond acceptors (Lipinski definition) is 4. The van der Waals surface area contributed by atoms with Gasteiger partial charge in [-0.25, -0.2) is 4.79 Å². The van der Waals surface area contributed by atoms with Crippen LogP contribution in [0.2, 0.25) is 0 Å². The van der Waals surface area contributed by atoms with E-state index in [1.54, 1.807) is 6.92 Å². The minimum Gasteiger partial charge on any atom is -0.467 e. The second kappa shape index (κ2) is 7.46. The first kappa shape index (κ1) is 15.2. The van der Waals surface area contributed by atoms with Gasteiger partial charge in [-0.3, -0.25) is 4.79 Å². The van der Waals surface area contributed by atoms with Gasteiger partial charge in [0.05, 0.1) is 13.7 Å². The standard InChI is InChI=1S/C10H18N2O3.ClH/c1-7(10(14)15-2)12-9(13)6-11-5-8-3-4-8;/h7-8,11H,3-6H2,1-2H3,(H,12,13);1H/t7-;/m0./s1. The summed E-state index contributed by atoms with van der Waals surface area (Å²) in [5, 5.41) is 5.59. The van der Waals surface area contributed by atoms with E-state index in [0.717, 1.165) is 12.5 Å². The van der Waals surface area contributed by atoms with E-state index in [9.17, 15) is 9.59 Å². The summed E-state index contributed by atoms with van der Waals surface area (Å²) in [5.41, 5.74) is 0. The van der Waals surface area contributed by atoms with Crippen molar-refractivity contribution in [3.63, 3.8) is 0 Å². The zero-order chi connectivity index (χ0) is 11.3. The van der Waals surface area contributed by atoms with Crippen LogP contribution in [0, 0.1) is 5.92 Å². The number of methoxy groups -OCH3 is 1. The van der Waals surface area contributed by atoms with E-state index in [4.69, 9.17) is 0 Å². The first-order valence-corrected chi connectivity index (χ1v) is 5.21. The fourth-order valence-electron chi connectivity index (χ4n) is 1.24. The molecule has 1 aliphatic rings. The van der Waals surface area contributed by atoms with Gasteiger partial charge in [-0.2, -0.15) is 0 Å². The van der Waals surface area contributed by atoms with Gasteiger partial charge in [-0.05, 0) is 32.2 Å². The Kier molecular flexibility index (Phi) is 7.08. The van der Waals surface area contributed by atoms with Crippen molar-refractivity contribution in [2.75, 3.05) is 20.2 Å². The molecule has 0 unspecified atom stereocenters. The van der Waals surface area contributed by atoms with Crippen LogP contribution in [0.4, 0.5) is 0 Å². The number of halogens is 1. The molecule has 0 bridgehead atoms. The summed E-state index contributed by atoms with van der Waals surface area (Å²) in [7, 11) is 1.30. The Morgan fingerprint density at radius 2 is 2.06 bits per heavy atom. The lowest BCUT2D eigenvalue weighted by Crippen LogP contribution is -2.43. The van der Waals surface area contributed by atoms with Gasteiger partial charge in [0.25, 0.3) is 0 Å². The van der Waals surface area contributed by atoms with Crippen molar-refractivity contribution in [1.82, 2.24) is 10.6 Å². The van der Waals surface area contributed by atoms with Crippen molar-refractivity contribution in [1.29, 1.82) is 0 Å². The highest BCUT2D eigenvalue weighted by atomic mass is 35.5. The fourth-order valence-corrected chi connectivity index (χ4v) is 1.24. The molecule has 0 aromatic rings. The molecule has 0 aromatic carbocycles. The molecule has 6 heteroatoms. The molecule has 1 fully saturated rings. The maximum atomic E-state index is 11.3. The molecule has 16 heavy (non-hydrogen) atoms. The van der Waals surface area contributed by atoms with Gasteiger partial charge >= 0.3 is 5.97 Å². The number of ether oxygens (including phenoxy) is 1. The van der Waals surface area contributed by atoms with Crippen LogP contribution in [0.25, 0.3) is 0 Å². The van der Waals surface area contributed by atoms with E-state index in [1.807, 2.05) is 0 Å². The molecule has 0 aromatic heterocycles. The summed E-state index contributed by atoms with van der Waals surface area (Å²) in [5.74, 6) is 0.148. The van der Waals surface area contributed by atoms with Crippen LogP contribution < -0.4 is 10.6 Å². The van der Waals surface area contributed by atoms with Crippen LogP contribution in [-0.4, -0.2) is 38.1 Å². The van der Waals surface area contributed by atoms with Crippen molar-refractivity contribution >= 4 is 24.3 Å². The number of carbonyl (C=O) groups is 2. The van der Waals surface area contributed by atoms with Crippen molar-refractivity contribution < 1.29 is 14.3 Å². The predicted octanol–water partition coefficient (Wildman–Crippen LogP) is 0.0855. The van der Waals surface area contributed by atoms with Gasteiger partial charge in [0.2, 0.25) is 5.91 Å². The lowest BCUT2D eigenvalue weighted by molar-refractivity contribution is -0.144. The Balaban J connectivity index is 0.00000225. The van der Waals surface area contributed by atoms with Gasteiger partial charge in [0, 0.05) is 0 Å². The fraction of sp³-hybridized carbons (Fsp3) is 0.800. The Labute approximate surface area is 102 Å². The molecule has 1 saturated carbocycles. The number of rotatable bonds is 6. The highest BCUT2D eigenvalue weighted by Crippen LogP contribution is 2.27. The second-order valence-electron chi connectivity index (χ2n) is 3.89. The maximum absolute atomic E-state index is 11.3. The van der Waals surface area contributed by atoms with E-state index in [0.29, 0.717) is 0 Å². The Hall–Kier alpha value is -0.810. The quantitative estimate of drug-likeness (QED) is 0.656. The van der Waals surface area contributed by atoms with E-state index >= 15 is 0 Å². The number of nitrogens with one attached hydrogen (secondary N) is 2. The Morgan fingerprint density at radius 3 is 2.56 bits per heavy atom. The van der Waals surface area contributed by atoms with Gasteiger partial charge < -0.3 is 15.4 Å². The monoisotopic (exact) mass is 250 g/mol. The van der Waals surface area contributed by atoms with E-state index in [2.05, 4.69) is 15.4 Å². The Morgan fingerprint density at radius 1 is 1.44 bits per heavy atom. The molecule has 2 N–H and O–H groups in total. The van der Waals surface area contributed by atoms with Crippen LogP contribution in [0.3, 0.4) is 0 Å². The molecular weight excluding hydrogens is 232 g/mol. The third-order valence-electron chi connectivity index (χ3n) is 2.35. The Bertz CT molecular complexity index is 244. The second-order valence-corrected chi connectivity index (χ2v) is 3.89. The van der Waals surface area contributed by atoms with Crippen LogP contribution in [0.15, 0.2) is 0 Å². The lowest BCUT2D eigenvalue weighted by Gasteiger charge is -2.11. The van der Waals surface area contributed by atoms with Crippen molar-refractivity contribution in [3.8, 4) is 0 Å². The van der Waals surface area contributed by atoms with Crippen LogP contribution in [0.1, 0.15) is 19.8 Å². The van der Waals surface area contributed by atoms with Gasteiger partial charge in [-0.1, -0.05) is 0 Å². The van der Waals surface area contributed by atoms with E-state index in [1.165, 1.54) is 20.0 Å².